The molecule has 6 heteroatoms. The van der Waals surface area contributed by atoms with E-state index in [0.29, 0.717) is 29.3 Å². The second kappa shape index (κ2) is 10.5. The van der Waals surface area contributed by atoms with E-state index in [9.17, 15) is 14.9 Å². The summed E-state index contributed by atoms with van der Waals surface area (Å²) in [5.41, 5.74) is 3.23. The molecule has 4 rings (SSSR count). The highest BCUT2D eigenvalue weighted by Gasteiger charge is 2.35. The van der Waals surface area contributed by atoms with Gasteiger partial charge in [-0.1, -0.05) is 54.6 Å². The zero-order valence-electron chi connectivity index (χ0n) is 19.5. The first-order valence-corrected chi connectivity index (χ1v) is 11.1. The molecular formula is C29H24N2O4. The molecule has 0 atom stereocenters. The molecule has 1 heterocycles. The van der Waals surface area contributed by atoms with Crippen molar-refractivity contribution in [3.63, 3.8) is 0 Å². The standard InChI is InChI=1S/C29H24N2O4/c1-20-26(16-21-8-14-25(15-9-21)35-19-23-6-4-3-5-7-23)28(32)31(29(33)27(20)17-30)18-22-10-12-24(34-2)13-11-22/h3-16H,18-19H2,1-2H3/b26-16+. The Balaban J connectivity index is 1.56. The molecule has 6 nitrogen and oxygen atoms in total. The average Bonchev–Trinajstić information content (AvgIpc) is 2.90. The predicted octanol–water partition coefficient (Wildman–Crippen LogP) is 5.07. The quantitative estimate of drug-likeness (QED) is 0.360. The van der Waals surface area contributed by atoms with Crippen LogP contribution in [0.15, 0.2) is 95.6 Å². The Morgan fingerprint density at radius 1 is 0.857 bits per heavy atom. The minimum atomic E-state index is -0.590. The van der Waals surface area contributed by atoms with E-state index in [1.165, 1.54) is 0 Å². The third kappa shape index (κ3) is 5.31. The molecule has 0 aromatic heterocycles. The molecule has 174 valence electrons. The van der Waals surface area contributed by atoms with E-state index < -0.39 is 11.8 Å². The molecule has 1 aliphatic rings. The summed E-state index contributed by atoms with van der Waals surface area (Å²) in [5.74, 6) is 0.349. The molecule has 0 saturated carbocycles. The third-order valence-corrected chi connectivity index (χ3v) is 5.76. The predicted molar refractivity (Wildman–Crippen MR) is 132 cm³/mol. The van der Waals surface area contributed by atoms with Crippen LogP contribution >= 0.6 is 0 Å². The fourth-order valence-electron chi connectivity index (χ4n) is 3.75. The van der Waals surface area contributed by atoms with Crippen LogP contribution in [0.3, 0.4) is 0 Å². The van der Waals surface area contributed by atoms with Crippen LogP contribution in [0.5, 0.6) is 11.5 Å². The van der Waals surface area contributed by atoms with Gasteiger partial charge >= 0.3 is 0 Å². The van der Waals surface area contributed by atoms with E-state index in [0.717, 1.165) is 21.6 Å². The van der Waals surface area contributed by atoms with Crippen molar-refractivity contribution in [1.29, 1.82) is 5.26 Å². The lowest BCUT2D eigenvalue weighted by Crippen LogP contribution is -2.42. The number of carbonyl (C=O) groups is 2. The highest BCUT2D eigenvalue weighted by atomic mass is 16.5. The van der Waals surface area contributed by atoms with E-state index in [2.05, 4.69) is 0 Å². The number of nitrogens with zero attached hydrogens (tertiary/aromatic N) is 2. The maximum atomic E-state index is 13.3. The lowest BCUT2D eigenvalue weighted by Gasteiger charge is -2.27. The molecular weight excluding hydrogens is 440 g/mol. The molecule has 0 radical (unpaired) electrons. The number of imide groups is 1. The van der Waals surface area contributed by atoms with Gasteiger partial charge in [0.05, 0.1) is 13.7 Å². The molecule has 0 fully saturated rings. The van der Waals surface area contributed by atoms with E-state index in [1.54, 1.807) is 44.4 Å². The summed E-state index contributed by atoms with van der Waals surface area (Å²) in [5, 5.41) is 9.62. The van der Waals surface area contributed by atoms with Gasteiger partial charge in [0.2, 0.25) is 0 Å². The van der Waals surface area contributed by atoms with Crippen LogP contribution in [0, 0.1) is 11.3 Å². The Bertz CT molecular complexity index is 1330. The fourth-order valence-corrected chi connectivity index (χ4v) is 3.75. The molecule has 0 N–H and O–H groups in total. The summed E-state index contributed by atoms with van der Waals surface area (Å²) in [4.78, 5) is 27.3. The largest absolute Gasteiger partial charge is 0.497 e. The second-order valence-corrected chi connectivity index (χ2v) is 8.06. The Morgan fingerprint density at radius 3 is 2.14 bits per heavy atom. The SMILES string of the molecule is COc1ccc(CN2C(=O)C(C#N)=C(C)/C(=C\c3ccc(OCc4ccccc4)cc3)C2=O)cc1. The fraction of sp³-hybridized carbons (Fsp3) is 0.138. The van der Waals surface area contributed by atoms with Gasteiger partial charge in [-0.25, -0.2) is 0 Å². The van der Waals surface area contributed by atoms with E-state index in [4.69, 9.17) is 9.47 Å². The molecule has 3 aromatic rings. The van der Waals surface area contributed by atoms with Crippen molar-refractivity contribution in [1.82, 2.24) is 4.90 Å². The third-order valence-electron chi connectivity index (χ3n) is 5.76. The zero-order valence-corrected chi connectivity index (χ0v) is 19.5. The summed E-state index contributed by atoms with van der Waals surface area (Å²) in [6, 6.07) is 26.3. The monoisotopic (exact) mass is 464 g/mol. The lowest BCUT2D eigenvalue weighted by atomic mass is 9.93. The Kier molecular flexibility index (Phi) is 7.08. The number of rotatable bonds is 7. The van der Waals surface area contributed by atoms with Gasteiger partial charge < -0.3 is 9.47 Å². The number of benzene rings is 3. The molecule has 0 aliphatic carbocycles. The maximum absolute atomic E-state index is 13.3. The van der Waals surface area contributed by atoms with Crippen LogP contribution in [0.2, 0.25) is 0 Å². The first-order chi connectivity index (χ1) is 17.0. The zero-order chi connectivity index (χ0) is 24.8. The molecule has 35 heavy (non-hydrogen) atoms. The maximum Gasteiger partial charge on any atom is 0.271 e. The van der Waals surface area contributed by atoms with Crippen LogP contribution in [-0.4, -0.2) is 23.8 Å². The topological polar surface area (TPSA) is 79.6 Å². The van der Waals surface area contributed by atoms with E-state index in [1.807, 2.05) is 60.7 Å². The molecule has 3 aromatic carbocycles. The molecule has 1 aliphatic heterocycles. The average molecular weight is 465 g/mol. The molecule has 0 spiro atoms. The molecule has 0 bridgehead atoms. The van der Waals surface area contributed by atoms with Gasteiger partial charge in [0, 0.05) is 5.57 Å². The Morgan fingerprint density at radius 2 is 1.51 bits per heavy atom. The van der Waals surface area contributed by atoms with Crippen LogP contribution < -0.4 is 9.47 Å². The number of methoxy groups -OCH3 is 1. The molecule has 0 unspecified atom stereocenters. The number of hydrogen-bond donors (Lipinski definition) is 0. The summed E-state index contributed by atoms with van der Waals surface area (Å²) >= 11 is 0. The second-order valence-electron chi connectivity index (χ2n) is 8.06. The van der Waals surface area contributed by atoms with Gasteiger partial charge in [0.1, 0.15) is 29.7 Å². The van der Waals surface area contributed by atoms with Gasteiger partial charge in [0.25, 0.3) is 11.8 Å². The highest BCUT2D eigenvalue weighted by molar-refractivity contribution is 6.19. The number of amides is 2. The number of hydrogen-bond acceptors (Lipinski definition) is 5. The number of ether oxygens (including phenoxy) is 2. The summed E-state index contributed by atoms with van der Waals surface area (Å²) < 4.78 is 11.0. The van der Waals surface area contributed by atoms with Crippen LogP contribution in [0.1, 0.15) is 23.6 Å². The van der Waals surface area contributed by atoms with Gasteiger partial charge in [-0.2, -0.15) is 5.26 Å². The lowest BCUT2D eigenvalue weighted by molar-refractivity contribution is -0.141. The smallest absolute Gasteiger partial charge is 0.271 e. The van der Waals surface area contributed by atoms with Crippen molar-refractivity contribution in [2.24, 2.45) is 0 Å². The molecule has 2 amide bonds. The number of carbonyl (C=O) groups excluding carboxylic acids is 2. The first kappa shape index (κ1) is 23.5. The van der Waals surface area contributed by atoms with Crippen LogP contribution in [0.25, 0.3) is 6.08 Å². The Labute approximate surface area is 204 Å². The normalized spacial score (nSPS) is 14.8. The van der Waals surface area contributed by atoms with Crippen molar-refractivity contribution in [3.8, 4) is 17.6 Å². The van der Waals surface area contributed by atoms with Crippen molar-refractivity contribution in [2.45, 2.75) is 20.1 Å². The number of nitriles is 1. The van der Waals surface area contributed by atoms with Gasteiger partial charge in [-0.3, -0.25) is 14.5 Å². The van der Waals surface area contributed by atoms with Crippen LogP contribution in [0.4, 0.5) is 0 Å². The highest BCUT2D eigenvalue weighted by Crippen LogP contribution is 2.29. The molecule has 0 saturated heterocycles. The van der Waals surface area contributed by atoms with Crippen molar-refractivity contribution < 1.29 is 19.1 Å². The van der Waals surface area contributed by atoms with E-state index >= 15 is 0 Å². The van der Waals surface area contributed by atoms with Crippen LogP contribution in [-0.2, 0) is 22.7 Å². The van der Waals surface area contributed by atoms with E-state index in [-0.39, 0.29) is 12.1 Å². The van der Waals surface area contributed by atoms with Gasteiger partial charge in [-0.05, 0) is 59.5 Å². The van der Waals surface area contributed by atoms with Crippen molar-refractivity contribution in [2.75, 3.05) is 7.11 Å². The minimum Gasteiger partial charge on any atom is -0.497 e. The van der Waals surface area contributed by atoms with Gasteiger partial charge in [-0.15, -0.1) is 0 Å². The van der Waals surface area contributed by atoms with Gasteiger partial charge in [0.15, 0.2) is 0 Å². The van der Waals surface area contributed by atoms with Crippen molar-refractivity contribution >= 4 is 17.9 Å². The summed E-state index contributed by atoms with van der Waals surface area (Å²) in [7, 11) is 1.57. The Hall–Kier alpha value is -4.63. The summed E-state index contributed by atoms with van der Waals surface area (Å²) in [6.45, 7) is 2.14. The van der Waals surface area contributed by atoms with Crippen molar-refractivity contribution in [3.05, 3.63) is 112 Å². The summed E-state index contributed by atoms with van der Waals surface area (Å²) in [6.07, 6.45) is 1.70. The minimum absolute atomic E-state index is 0.0350. The first-order valence-electron chi connectivity index (χ1n) is 11.1.